The van der Waals surface area contributed by atoms with E-state index in [0.29, 0.717) is 15.9 Å². The maximum Gasteiger partial charge on any atom is 0.283 e. The molecule has 0 bridgehead atoms. The molecule has 5 nitrogen and oxygen atoms in total. The molecule has 1 aromatic carbocycles. The van der Waals surface area contributed by atoms with Gasteiger partial charge in [0.1, 0.15) is 5.75 Å². The number of nitro benzene ring substituents is 1. The fraction of sp³-hybridized carbons (Fsp3) is 0.300. The number of hydrogen-bond acceptors (Lipinski definition) is 4. The fourth-order valence-corrected chi connectivity index (χ4v) is 1.87. The molecule has 0 saturated carbocycles. The second-order valence-electron chi connectivity index (χ2n) is 3.05. The Morgan fingerprint density at radius 3 is 2.62 bits per heavy atom. The summed E-state index contributed by atoms with van der Waals surface area (Å²) < 4.78 is 5.72. The van der Waals surface area contributed by atoms with E-state index in [-0.39, 0.29) is 17.0 Å². The van der Waals surface area contributed by atoms with Crippen LogP contribution in [0.1, 0.15) is 24.2 Å². The van der Waals surface area contributed by atoms with E-state index in [2.05, 4.69) is 0 Å². The molecule has 6 heteroatoms. The predicted octanol–water partition coefficient (Wildman–Crippen LogP) is 2.80. The summed E-state index contributed by atoms with van der Waals surface area (Å²) >= 11 is 1.85. The van der Waals surface area contributed by atoms with E-state index < -0.39 is 4.92 Å². The third-order valence-electron chi connectivity index (χ3n) is 1.92. The van der Waals surface area contributed by atoms with Crippen molar-refractivity contribution in [1.82, 2.24) is 0 Å². The third kappa shape index (κ3) is 2.69. The summed E-state index contributed by atoms with van der Waals surface area (Å²) in [6.07, 6.45) is 0. The average Bonchev–Trinajstić information content (AvgIpc) is 2.17. The molecule has 0 atom stereocenters. The van der Waals surface area contributed by atoms with E-state index in [1.54, 1.807) is 6.92 Å². The van der Waals surface area contributed by atoms with Gasteiger partial charge < -0.3 is 4.74 Å². The van der Waals surface area contributed by atoms with Gasteiger partial charge in [-0.15, -0.1) is 0 Å². The summed E-state index contributed by atoms with van der Waals surface area (Å²) in [5.41, 5.74) is 0.170. The molecule has 0 aliphatic heterocycles. The molecule has 0 aliphatic rings. The first kappa shape index (κ1) is 12.9. The highest BCUT2D eigenvalue weighted by molar-refractivity contribution is 14.1. The van der Waals surface area contributed by atoms with Gasteiger partial charge in [-0.2, -0.15) is 0 Å². The largest absolute Gasteiger partial charge is 0.493 e. The van der Waals surface area contributed by atoms with E-state index in [1.807, 2.05) is 22.6 Å². The molecule has 0 saturated heterocycles. The van der Waals surface area contributed by atoms with Crippen LogP contribution in [0, 0.1) is 13.7 Å². The van der Waals surface area contributed by atoms with E-state index >= 15 is 0 Å². The van der Waals surface area contributed by atoms with Gasteiger partial charge in [-0.1, -0.05) is 0 Å². The highest BCUT2D eigenvalue weighted by Crippen LogP contribution is 2.30. The fourth-order valence-electron chi connectivity index (χ4n) is 1.23. The van der Waals surface area contributed by atoms with Crippen molar-refractivity contribution < 1.29 is 14.5 Å². The van der Waals surface area contributed by atoms with Crippen LogP contribution in [0.25, 0.3) is 0 Å². The van der Waals surface area contributed by atoms with Crippen LogP contribution in [0.15, 0.2) is 12.1 Å². The van der Waals surface area contributed by atoms with Gasteiger partial charge in [-0.3, -0.25) is 14.9 Å². The Kier molecular flexibility index (Phi) is 4.22. The monoisotopic (exact) mass is 335 g/mol. The van der Waals surface area contributed by atoms with Gasteiger partial charge in [-0.25, -0.2) is 0 Å². The van der Waals surface area contributed by atoms with Gasteiger partial charge in [0.25, 0.3) is 5.69 Å². The third-order valence-corrected chi connectivity index (χ3v) is 2.79. The Labute approximate surface area is 106 Å². The molecule has 0 unspecified atom stereocenters. The Bertz CT molecular complexity index is 445. The predicted molar refractivity (Wildman–Crippen MR) is 67.0 cm³/mol. The van der Waals surface area contributed by atoms with Crippen LogP contribution >= 0.6 is 22.6 Å². The molecular formula is C10H10INO4. The molecule has 1 aromatic rings. The van der Waals surface area contributed by atoms with Crippen LogP contribution in [0.2, 0.25) is 0 Å². The molecular weight excluding hydrogens is 325 g/mol. The Morgan fingerprint density at radius 1 is 1.56 bits per heavy atom. The number of ketones is 1. The van der Waals surface area contributed by atoms with Crippen molar-refractivity contribution in [2.24, 2.45) is 0 Å². The maximum absolute atomic E-state index is 11.3. The van der Waals surface area contributed by atoms with Crippen LogP contribution in [0.3, 0.4) is 0 Å². The quantitative estimate of drug-likeness (QED) is 0.367. The minimum Gasteiger partial charge on any atom is -0.493 e. The Balaban J connectivity index is 3.36. The van der Waals surface area contributed by atoms with Gasteiger partial charge in [0, 0.05) is 12.1 Å². The lowest BCUT2D eigenvalue weighted by atomic mass is 10.1. The van der Waals surface area contributed by atoms with Gasteiger partial charge in [0.2, 0.25) is 0 Å². The first-order valence-corrected chi connectivity index (χ1v) is 5.67. The molecule has 0 heterocycles. The number of rotatable bonds is 4. The van der Waals surface area contributed by atoms with Crippen molar-refractivity contribution in [3.8, 4) is 5.75 Å². The first-order chi connectivity index (χ1) is 7.47. The van der Waals surface area contributed by atoms with Crippen LogP contribution in [0.4, 0.5) is 5.69 Å². The zero-order valence-electron chi connectivity index (χ0n) is 8.82. The number of nitrogens with zero attached hydrogens (tertiary/aromatic N) is 1. The minimum absolute atomic E-state index is 0.0748. The topological polar surface area (TPSA) is 69.4 Å². The number of Topliss-reactive ketones (excluding diaryl/α,β-unsaturated/α-hetero) is 1. The van der Waals surface area contributed by atoms with Crippen molar-refractivity contribution >= 4 is 34.1 Å². The number of hydrogen-bond donors (Lipinski definition) is 0. The molecule has 1 rings (SSSR count). The van der Waals surface area contributed by atoms with Gasteiger partial charge in [0.05, 0.1) is 20.7 Å². The number of ether oxygens (including phenoxy) is 1. The summed E-state index contributed by atoms with van der Waals surface area (Å²) in [5, 5.41) is 10.7. The van der Waals surface area contributed by atoms with Crippen LogP contribution < -0.4 is 4.74 Å². The summed E-state index contributed by atoms with van der Waals surface area (Å²) in [5.74, 6) is 0.146. The summed E-state index contributed by atoms with van der Waals surface area (Å²) in [6.45, 7) is 3.56. The molecule has 0 fully saturated rings. The molecule has 0 aliphatic carbocycles. The smallest absolute Gasteiger partial charge is 0.283 e. The van der Waals surface area contributed by atoms with Crippen molar-refractivity contribution in [3.63, 3.8) is 0 Å². The number of nitro groups is 1. The van der Waals surface area contributed by atoms with Crippen molar-refractivity contribution in [2.45, 2.75) is 13.8 Å². The van der Waals surface area contributed by atoms with Gasteiger partial charge >= 0.3 is 0 Å². The van der Waals surface area contributed by atoms with E-state index in [9.17, 15) is 14.9 Å². The van der Waals surface area contributed by atoms with Crippen LogP contribution in [-0.4, -0.2) is 17.3 Å². The molecule has 0 radical (unpaired) electrons. The van der Waals surface area contributed by atoms with Crippen molar-refractivity contribution in [2.75, 3.05) is 6.61 Å². The van der Waals surface area contributed by atoms with E-state index in [1.165, 1.54) is 19.1 Å². The maximum atomic E-state index is 11.3. The first-order valence-electron chi connectivity index (χ1n) is 4.59. The molecule has 0 N–H and O–H groups in total. The SMILES string of the molecule is CCOc1cc(I)c([N+](=O)[O-])cc1C(C)=O. The summed E-state index contributed by atoms with van der Waals surface area (Å²) in [4.78, 5) is 21.5. The van der Waals surface area contributed by atoms with E-state index in [0.717, 1.165) is 0 Å². The second-order valence-corrected chi connectivity index (χ2v) is 4.21. The minimum atomic E-state index is -0.510. The number of carbonyl (C=O) groups excluding carboxylic acids is 1. The lowest BCUT2D eigenvalue weighted by Gasteiger charge is -2.08. The van der Waals surface area contributed by atoms with Crippen LogP contribution in [0.5, 0.6) is 5.75 Å². The van der Waals surface area contributed by atoms with E-state index in [4.69, 9.17) is 4.74 Å². The normalized spacial score (nSPS) is 9.94. The molecule has 0 aromatic heterocycles. The molecule has 86 valence electrons. The molecule has 16 heavy (non-hydrogen) atoms. The zero-order valence-corrected chi connectivity index (χ0v) is 11.0. The lowest BCUT2D eigenvalue weighted by molar-refractivity contribution is -0.385. The lowest BCUT2D eigenvalue weighted by Crippen LogP contribution is -2.03. The number of benzene rings is 1. The average molecular weight is 335 g/mol. The van der Waals surface area contributed by atoms with Gasteiger partial charge in [0.15, 0.2) is 5.78 Å². The number of halogens is 1. The zero-order chi connectivity index (χ0) is 12.3. The van der Waals surface area contributed by atoms with Crippen LogP contribution in [-0.2, 0) is 0 Å². The standard InChI is InChI=1S/C10H10INO4/c1-3-16-10-5-8(11)9(12(14)15)4-7(10)6(2)13/h4-5H,3H2,1-2H3. The highest BCUT2D eigenvalue weighted by Gasteiger charge is 2.19. The molecule has 0 spiro atoms. The highest BCUT2D eigenvalue weighted by atomic mass is 127. The molecule has 0 amide bonds. The van der Waals surface area contributed by atoms with Crippen molar-refractivity contribution in [1.29, 1.82) is 0 Å². The summed E-state index contributed by atoms with van der Waals surface area (Å²) in [7, 11) is 0. The Hall–Kier alpha value is -1.18. The second kappa shape index (κ2) is 5.24. The summed E-state index contributed by atoms with van der Waals surface area (Å²) in [6, 6.07) is 2.77. The van der Waals surface area contributed by atoms with Crippen molar-refractivity contribution in [3.05, 3.63) is 31.4 Å². The Morgan fingerprint density at radius 2 is 2.19 bits per heavy atom. The number of carbonyl (C=O) groups is 1. The van der Waals surface area contributed by atoms with Gasteiger partial charge in [-0.05, 0) is 36.4 Å².